The Hall–Kier alpha value is -5.52. The summed E-state index contributed by atoms with van der Waals surface area (Å²) in [6.45, 7) is 5.48. The molecule has 3 aliphatic rings. The van der Waals surface area contributed by atoms with E-state index in [4.69, 9.17) is 25.7 Å². The lowest BCUT2D eigenvalue weighted by Crippen LogP contribution is -2.59. The Bertz CT molecular complexity index is 2190. The summed E-state index contributed by atoms with van der Waals surface area (Å²) in [5.74, 6) is -0.660. The molecule has 264 valence electrons. The zero-order chi connectivity index (χ0) is 36.0. The molecule has 2 saturated heterocycles. The van der Waals surface area contributed by atoms with Crippen molar-refractivity contribution in [3.8, 4) is 11.3 Å². The van der Waals surface area contributed by atoms with Gasteiger partial charge in [0.05, 0.1) is 22.0 Å². The number of para-hydroxylation sites is 2. The molecular formula is C40H35ClFN5O5. The van der Waals surface area contributed by atoms with Crippen LogP contribution in [-0.4, -0.2) is 55.6 Å². The van der Waals surface area contributed by atoms with Gasteiger partial charge in [0, 0.05) is 66.3 Å². The predicted molar refractivity (Wildman–Crippen MR) is 197 cm³/mol. The van der Waals surface area contributed by atoms with E-state index >= 15 is 0 Å². The van der Waals surface area contributed by atoms with Gasteiger partial charge in [-0.25, -0.2) is 9.37 Å². The van der Waals surface area contributed by atoms with Gasteiger partial charge in [0.15, 0.2) is 5.76 Å². The van der Waals surface area contributed by atoms with Gasteiger partial charge >= 0.3 is 0 Å². The monoisotopic (exact) mass is 719 g/mol. The highest BCUT2D eigenvalue weighted by Crippen LogP contribution is 2.43. The van der Waals surface area contributed by atoms with E-state index < -0.39 is 11.7 Å². The zero-order valence-electron chi connectivity index (χ0n) is 28.4. The van der Waals surface area contributed by atoms with Gasteiger partial charge in [0.2, 0.25) is 0 Å². The second-order valence-corrected chi connectivity index (χ2v) is 14.0. The number of carbonyl (C=O) groups excluding carboxylic acids is 3. The Labute approximate surface area is 304 Å². The van der Waals surface area contributed by atoms with E-state index in [1.165, 1.54) is 18.2 Å². The van der Waals surface area contributed by atoms with Crippen molar-refractivity contribution >= 4 is 52.2 Å². The Morgan fingerprint density at radius 2 is 1.67 bits per heavy atom. The highest BCUT2D eigenvalue weighted by atomic mass is 35.5. The lowest BCUT2D eigenvalue weighted by Gasteiger charge is -2.53. The number of aryl methyl sites for hydroxylation is 1. The van der Waals surface area contributed by atoms with Crippen LogP contribution >= 0.6 is 11.6 Å². The smallest absolute Gasteiger partial charge is 0.291 e. The van der Waals surface area contributed by atoms with Crippen LogP contribution in [0.25, 0.3) is 11.3 Å². The number of ether oxygens (including phenoxy) is 1. The van der Waals surface area contributed by atoms with E-state index in [9.17, 15) is 18.8 Å². The zero-order valence-corrected chi connectivity index (χ0v) is 29.1. The second-order valence-electron chi connectivity index (χ2n) is 13.6. The molecule has 1 spiro atoms. The number of nitrogens with one attached hydrogen (secondary N) is 2. The van der Waals surface area contributed by atoms with Gasteiger partial charge in [-0.1, -0.05) is 29.8 Å². The molecule has 0 aliphatic carbocycles. The average Bonchev–Trinajstić information content (AvgIpc) is 3.50. The fourth-order valence-corrected chi connectivity index (χ4v) is 7.47. The fourth-order valence-electron chi connectivity index (χ4n) is 7.26. The third-order valence-corrected chi connectivity index (χ3v) is 10.4. The number of halogens is 2. The summed E-state index contributed by atoms with van der Waals surface area (Å²) in [7, 11) is 0. The molecule has 52 heavy (non-hydrogen) atoms. The number of benzene rings is 3. The lowest BCUT2D eigenvalue weighted by molar-refractivity contribution is -0.000519. The maximum atomic E-state index is 14.3. The minimum atomic E-state index is -0.660. The largest absolute Gasteiger partial charge is 0.451 e. The average molecular weight is 720 g/mol. The van der Waals surface area contributed by atoms with E-state index in [2.05, 4.69) is 15.5 Å². The summed E-state index contributed by atoms with van der Waals surface area (Å²) in [5.41, 5.74) is 4.43. The third-order valence-electron chi connectivity index (χ3n) is 10.1. The number of aromatic nitrogens is 1. The molecule has 5 heterocycles. The second kappa shape index (κ2) is 13.6. The van der Waals surface area contributed by atoms with Crippen molar-refractivity contribution in [2.45, 2.75) is 26.2 Å². The molecule has 3 amide bonds. The van der Waals surface area contributed by atoms with Crippen molar-refractivity contribution in [1.29, 1.82) is 0 Å². The van der Waals surface area contributed by atoms with E-state index in [1.54, 1.807) is 35.2 Å². The molecule has 0 atom stereocenters. The molecule has 8 rings (SSSR count). The lowest BCUT2D eigenvalue weighted by atomic mass is 9.73. The Morgan fingerprint density at radius 3 is 2.44 bits per heavy atom. The molecule has 2 fully saturated rings. The van der Waals surface area contributed by atoms with Crippen LogP contribution in [0.1, 0.15) is 55.4 Å². The van der Waals surface area contributed by atoms with Crippen LogP contribution in [0, 0.1) is 18.2 Å². The maximum absolute atomic E-state index is 14.3. The molecule has 2 aromatic heterocycles. The van der Waals surface area contributed by atoms with Crippen molar-refractivity contribution in [1.82, 2.24) is 4.98 Å². The first-order valence-electron chi connectivity index (χ1n) is 17.2. The normalized spacial score (nSPS) is 16.0. The molecule has 3 aromatic carbocycles. The highest BCUT2D eigenvalue weighted by Gasteiger charge is 2.45. The molecule has 0 unspecified atom stereocenters. The van der Waals surface area contributed by atoms with Crippen LogP contribution in [0.3, 0.4) is 0 Å². The first-order chi connectivity index (χ1) is 25.2. The van der Waals surface area contributed by atoms with Gasteiger partial charge in [0.1, 0.15) is 17.4 Å². The number of fused-ring (bicyclic) bond motifs is 3. The van der Waals surface area contributed by atoms with E-state index in [1.807, 2.05) is 43.3 Å². The number of carbonyl (C=O) groups is 3. The number of hydrogen-bond acceptors (Lipinski definition) is 7. The fraction of sp³-hybridized carbons (Fsp3) is 0.250. The molecule has 10 nitrogen and oxygen atoms in total. The van der Waals surface area contributed by atoms with Gasteiger partial charge in [-0.3, -0.25) is 14.4 Å². The Morgan fingerprint density at radius 1 is 0.904 bits per heavy atom. The number of hydrogen-bond donors (Lipinski definition) is 2. The number of anilines is 4. The van der Waals surface area contributed by atoms with E-state index in [0.717, 1.165) is 50.4 Å². The molecular weight excluding hydrogens is 685 g/mol. The number of rotatable bonds is 6. The summed E-state index contributed by atoms with van der Waals surface area (Å²) in [6, 6.07) is 23.5. The minimum absolute atomic E-state index is 0.00168. The SMILES string of the molecule is Cc1ccc(C(=O)Nc2ccc(C(=O)N3CCc4cc(C(=O)Nc5c(F)cccc5Cl)oc4-c4ccccc43)cc2)c(N2CC3(CCOCC3)C2)n1. The Balaban J connectivity index is 0.974. The summed E-state index contributed by atoms with van der Waals surface area (Å²) >= 11 is 6.10. The molecule has 0 saturated carbocycles. The van der Waals surface area contributed by atoms with E-state index in [0.29, 0.717) is 52.6 Å². The van der Waals surface area contributed by atoms with Gasteiger partial charge in [0.25, 0.3) is 17.7 Å². The predicted octanol–water partition coefficient (Wildman–Crippen LogP) is 7.77. The molecule has 12 heteroatoms. The highest BCUT2D eigenvalue weighted by molar-refractivity contribution is 6.34. The topological polar surface area (TPSA) is 117 Å². The van der Waals surface area contributed by atoms with Crippen molar-refractivity contribution in [3.63, 3.8) is 0 Å². The summed E-state index contributed by atoms with van der Waals surface area (Å²) in [6.07, 6.45) is 2.44. The first kappa shape index (κ1) is 33.6. The standard InChI is InChI=1S/C40H35ClFN5O5/c1-24-9-14-29(36(43-24)46-22-40(23-46)16-19-51-20-17-40)37(48)44-27-12-10-25(11-13-27)39(50)47-18-15-26-21-33(52-35(26)28-5-2-3-8-32(28)47)38(49)45-34-30(41)6-4-7-31(34)42/h2-14,21H,15-20,22-23H2,1H3,(H,44,48)(H,45,49). The van der Waals surface area contributed by atoms with E-state index in [-0.39, 0.29) is 33.7 Å². The molecule has 0 radical (unpaired) electrons. The first-order valence-corrected chi connectivity index (χ1v) is 17.6. The van der Waals surface area contributed by atoms with Crippen molar-refractivity contribution in [2.75, 3.05) is 53.3 Å². The summed E-state index contributed by atoms with van der Waals surface area (Å²) in [5, 5.41) is 5.56. The van der Waals surface area contributed by atoms with Crippen molar-refractivity contribution < 1.29 is 27.9 Å². The molecule has 0 bridgehead atoms. The van der Waals surface area contributed by atoms with Gasteiger partial charge in [-0.15, -0.1) is 0 Å². The van der Waals surface area contributed by atoms with Crippen LogP contribution in [-0.2, 0) is 11.2 Å². The third kappa shape index (κ3) is 6.31. The van der Waals surface area contributed by atoms with Gasteiger partial charge in [-0.2, -0.15) is 0 Å². The maximum Gasteiger partial charge on any atom is 0.291 e. The van der Waals surface area contributed by atoms with Gasteiger partial charge < -0.3 is 29.6 Å². The van der Waals surface area contributed by atoms with Crippen LogP contribution in [0.2, 0.25) is 5.02 Å². The number of furan rings is 1. The van der Waals surface area contributed by atoms with Crippen LogP contribution < -0.4 is 20.4 Å². The number of nitrogens with zero attached hydrogens (tertiary/aromatic N) is 3. The minimum Gasteiger partial charge on any atom is -0.451 e. The quantitative estimate of drug-likeness (QED) is 0.184. The van der Waals surface area contributed by atoms with Crippen LogP contribution in [0.15, 0.2) is 89.3 Å². The molecule has 5 aromatic rings. The number of pyridine rings is 1. The Kier molecular flexibility index (Phi) is 8.76. The van der Waals surface area contributed by atoms with Crippen molar-refractivity contribution in [2.24, 2.45) is 5.41 Å². The van der Waals surface area contributed by atoms with Crippen LogP contribution in [0.5, 0.6) is 0 Å². The van der Waals surface area contributed by atoms with Gasteiger partial charge in [-0.05, 0) is 92.9 Å². The van der Waals surface area contributed by atoms with Crippen LogP contribution in [0.4, 0.5) is 27.3 Å². The van der Waals surface area contributed by atoms with Crippen molar-refractivity contribution in [3.05, 3.63) is 124 Å². The number of amides is 3. The summed E-state index contributed by atoms with van der Waals surface area (Å²) < 4.78 is 25.9. The summed E-state index contributed by atoms with van der Waals surface area (Å²) in [4.78, 5) is 49.2. The molecule has 2 N–H and O–H groups in total. The molecule has 3 aliphatic heterocycles.